The molecule has 0 bridgehead atoms. The third kappa shape index (κ3) is 3.30. The minimum absolute atomic E-state index is 0.137. The molecule has 6 heteroatoms. The molecule has 0 spiro atoms. The molecule has 0 aromatic heterocycles. The molecule has 1 aromatic carbocycles. The molecule has 0 fully saturated rings. The quantitative estimate of drug-likeness (QED) is 0.769. The molecule has 1 aromatic rings. The van der Waals surface area contributed by atoms with E-state index < -0.39 is 13.4 Å². The molecule has 1 atom stereocenters. The van der Waals surface area contributed by atoms with Crippen molar-refractivity contribution in [3.63, 3.8) is 0 Å². The molecule has 0 radical (unpaired) electrons. The standard InChI is InChI=1S/C11H17O5P/c1-3-15-17(14,16-4-2)11(13)9-7-5-6-8-10(9)12/h5-8,11-13H,3-4H2,1-2H3. The molecule has 17 heavy (non-hydrogen) atoms. The maximum absolute atomic E-state index is 12.3. The summed E-state index contributed by atoms with van der Waals surface area (Å²) in [6, 6.07) is 6.11. The average molecular weight is 260 g/mol. The van der Waals surface area contributed by atoms with Gasteiger partial charge < -0.3 is 19.3 Å². The topological polar surface area (TPSA) is 76.0 Å². The lowest BCUT2D eigenvalue weighted by atomic mass is 10.2. The van der Waals surface area contributed by atoms with E-state index >= 15 is 0 Å². The largest absolute Gasteiger partial charge is 0.508 e. The lowest BCUT2D eigenvalue weighted by Gasteiger charge is -2.22. The van der Waals surface area contributed by atoms with Gasteiger partial charge in [0, 0.05) is 5.56 Å². The van der Waals surface area contributed by atoms with Gasteiger partial charge in [-0.05, 0) is 19.9 Å². The molecule has 96 valence electrons. The van der Waals surface area contributed by atoms with Gasteiger partial charge in [0.05, 0.1) is 13.2 Å². The van der Waals surface area contributed by atoms with Crippen LogP contribution in [0, 0.1) is 0 Å². The van der Waals surface area contributed by atoms with Crippen molar-refractivity contribution in [1.29, 1.82) is 0 Å². The molecule has 1 unspecified atom stereocenters. The molecular formula is C11H17O5P. The van der Waals surface area contributed by atoms with Gasteiger partial charge in [0.25, 0.3) is 0 Å². The summed E-state index contributed by atoms with van der Waals surface area (Å²) in [6.45, 7) is 3.62. The van der Waals surface area contributed by atoms with Crippen LogP contribution >= 0.6 is 7.60 Å². The Morgan fingerprint density at radius 3 is 2.24 bits per heavy atom. The van der Waals surface area contributed by atoms with Crippen LogP contribution in [0.3, 0.4) is 0 Å². The van der Waals surface area contributed by atoms with E-state index in [1.807, 2.05) is 0 Å². The number of aliphatic hydroxyl groups is 1. The third-order valence-corrected chi connectivity index (χ3v) is 4.25. The zero-order valence-electron chi connectivity index (χ0n) is 9.87. The number of phenols is 1. The first-order valence-electron chi connectivity index (χ1n) is 5.40. The van der Waals surface area contributed by atoms with Gasteiger partial charge >= 0.3 is 7.60 Å². The van der Waals surface area contributed by atoms with Crippen molar-refractivity contribution in [2.45, 2.75) is 19.7 Å². The molecule has 0 saturated heterocycles. The summed E-state index contributed by atoms with van der Waals surface area (Å²) in [5.41, 5.74) is 0.137. The number of hydrogen-bond acceptors (Lipinski definition) is 5. The van der Waals surface area contributed by atoms with Crippen LogP contribution < -0.4 is 0 Å². The van der Waals surface area contributed by atoms with E-state index in [1.54, 1.807) is 26.0 Å². The first-order valence-corrected chi connectivity index (χ1v) is 7.01. The van der Waals surface area contributed by atoms with Gasteiger partial charge in [0.15, 0.2) is 5.85 Å². The van der Waals surface area contributed by atoms with E-state index in [-0.39, 0.29) is 24.5 Å². The number of para-hydroxylation sites is 1. The van der Waals surface area contributed by atoms with E-state index in [9.17, 15) is 14.8 Å². The summed E-state index contributed by atoms with van der Waals surface area (Å²) >= 11 is 0. The molecule has 0 saturated carbocycles. The minimum Gasteiger partial charge on any atom is -0.508 e. The Bertz CT molecular complexity index is 397. The van der Waals surface area contributed by atoms with Crippen molar-refractivity contribution in [2.24, 2.45) is 0 Å². The fourth-order valence-electron chi connectivity index (χ4n) is 1.41. The van der Waals surface area contributed by atoms with Crippen LogP contribution in [0.1, 0.15) is 25.3 Å². The predicted octanol–water partition coefficient (Wildman–Crippen LogP) is 2.65. The maximum atomic E-state index is 12.3. The Balaban J connectivity index is 3.04. The molecule has 1 rings (SSSR count). The van der Waals surface area contributed by atoms with Gasteiger partial charge in [0.1, 0.15) is 5.75 Å². The maximum Gasteiger partial charge on any atom is 0.363 e. The summed E-state index contributed by atoms with van der Waals surface area (Å²) < 4.78 is 22.3. The number of aromatic hydroxyl groups is 1. The fraction of sp³-hybridized carbons (Fsp3) is 0.455. The SMILES string of the molecule is CCOP(=O)(OCC)C(O)c1ccccc1O. The summed E-state index contributed by atoms with van der Waals surface area (Å²) in [7, 11) is -3.66. The third-order valence-electron chi connectivity index (χ3n) is 2.13. The zero-order valence-corrected chi connectivity index (χ0v) is 10.8. The molecular weight excluding hydrogens is 243 g/mol. The number of aliphatic hydroxyl groups excluding tert-OH is 1. The second kappa shape index (κ2) is 6.17. The molecule has 0 amide bonds. The Labute approximate surface area is 101 Å². The molecule has 0 aliphatic carbocycles. The minimum atomic E-state index is -3.66. The predicted molar refractivity (Wildman–Crippen MR) is 63.9 cm³/mol. The van der Waals surface area contributed by atoms with Crippen LogP contribution in [0.2, 0.25) is 0 Å². The van der Waals surface area contributed by atoms with E-state index in [1.165, 1.54) is 12.1 Å². The van der Waals surface area contributed by atoms with Crippen LogP contribution in [0.15, 0.2) is 24.3 Å². The molecule has 5 nitrogen and oxygen atoms in total. The highest BCUT2D eigenvalue weighted by Crippen LogP contribution is 2.60. The number of phenolic OH excluding ortho intramolecular Hbond substituents is 1. The van der Waals surface area contributed by atoms with Gasteiger partial charge in [-0.1, -0.05) is 18.2 Å². The van der Waals surface area contributed by atoms with Gasteiger partial charge in [-0.25, -0.2) is 0 Å². The highest BCUT2D eigenvalue weighted by molar-refractivity contribution is 7.54. The monoisotopic (exact) mass is 260 g/mol. The van der Waals surface area contributed by atoms with Gasteiger partial charge in [-0.3, -0.25) is 4.57 Å². The number of rotatable bonds is 6. The van der Waals surface area contributed by atoms with Crippen LogP contribution in [0.4, 0.5) is 0 Å². The Hall–Kier alpha value is -0.870. The van der Waals surface area contributed by atoms with Gasteiger partial charge in [-0.15, -0.1) is 0 Å². The molecule has 0 heterocycles. The first kappa shape index (κ1) is 14.2. The van der Waals surface area contributed by atoms with Crippen molar-refractivity contribution in [1.82, 2.24) is 0 Å². The van der Waals surface area contributed by atoms with Gasteiger partial charge in [0.2, 0.25) is 0 Å². The summed E-state index contributed by atoms with van der Waals surface area (Å²) in [5, 5.41) is 19.6. The van der Waals surface area contributed by atoms with Crippen LogP contribution in [-0.2, 0) is 13.6 Å². The Morgan fingerprint density at radius 1 is 1.24 bits per heavy atom. The van der Waals surface area contributed by atoms with Gasteiger partial charge in [-0.2, -0.15) is 0 Å². The van der Waals surface area contributed by atoms with Crippen molar-refractivity contribution >= 4 is 7.60 Å². The van der Waals surface area contributed by atoms with Crippen molar-refractivity contribution in [3.8, 4) is 5.75 Å². The lowest BCUT2D eigenvalue weighted by molar-refractivity contribution is 0.148. The lowest BCUT2D eigenvalue weighted by Crippen LogP contribution is -2.06. The summed E-state index contributed by atoms with van der Waals surface area (Å²) in [5.74, 6) is -1.62. The van der Waals surface area contributed by atoms with Crippen molar-refractivity contribution in [2.75, 3.05) is 13.2 Å². The highest BCUT2D eigenvalue weighted by Gasteiger charge is 2.36. The summed E-state index contributed by atoms with van der Waals surface area (Å²) in [6.07, 6.45) is 0. The molecule has 0 aliphatic heterocycles. The number of benzene rings is 1. The number of hydrogen-bond donors (Lipinski definition) is 2. The Morgan fingerprint density at radius 2 is 1.76 bits per heavy atom. The second-order valence-electron chi connectivity index (χ2n) is 3.31. The van der Waals surface area contributed by atoms with E-state index in [4.69, 9.17) is 9.05 Å². The van der Waals surface area contributed by atoms with Crippen molar-refractivity contribution in [3.05, 3.63) is 29.8 Å². The molecule has 2 N–H and O–H groups in total. The molecule has 0 aliphatic rings. The highest BCUT2D eigenvalue weighted by atomic mass is 31.2. The average Bonchev–Trinajstić information content (AvgIpc) is 2.29. The zero-order chi connectivity index (χ0) is 12.9. The second-order valence-corrected chi connectivity index (χ2v) is 5.39. The van der Waals surface area contributed by atoms with Crippen LogP contribution in [0.25, 0.3) is 0 Å². The Kier molecular flexibility index (Phi) is 5.15. The van der Waals surface area contributed by atoms with Crippen LogP contribution in [0.5, 0.6) is 5.75 Å². The first-order chi connectivity index (χ1) is 8.05. The normalized spacial score (nSPS) is 13.6. The van der Waals surface area contributed by atoms with E-state index in [2.05, 4.69) is 0 Å². The summed E-state index contributed by atoms with van der Waals surface area (Å²) in [4.78, 5) is 0. The van der Waals surface area contributed by atoms with E-state index in [0.29, 0.717) is 0 Å². The van der Waals surface area contributed by atoms with Crippen LogP contribution in [-0.4, -0.2) is 23.4 Å². The fourth-order valence-corrected chi connectivity index (χ4v) is 3.05. The van der Waals surface area contributed by atoms with E-state index in [0.717, 1.165) is 0 Å². The smallest absolute Gasteiger partial charge is 0.363 e. The van der Waals surface area contributed by atoms with Crippen molar-refractivity contribution < 1.29 is 23.8 Å².